The van der Waals surface area contributed by atoms with Gasteiger partial charge in [0.05, 0.1) is 0 Å². The van der Waals surface area contributed by atoms with E-state index in [0.29, 0.717) is 0 Å². The Kier molecular flexibility index (Phi) is 3.25. The zero-order valence-electron chi connectivity index (χ0n) is 9.58. The average molecular weight is 225 g/mol. The van der Waals surface area contributed by atoms with Gasteiger partial charge in [-0.3, -0.25) is 0 Å². The normalized spacial score (nSPS) is 44.8. The summed E-state index contributed by atoms with van der Waals surface area (Å²) in [5.74, 6) is 6.00. The van der Waals surface area contributed by atoms with Crippen LogP contribution in [0, 0.1) is 17.8 Å². The predicted octanol–water partition coefficient (Wildman–Crippen LogP) is 2.91. The maximum Gasteiger partial charge on any atom is 0.0158 e. The number of hydrogen-bond donors (Lipinski definition) is 1. The molecular weight excluding hydrogens is 202 g/mol. The van der Waals surface area contributed by atoms with E-state index in [1.807, 2.05) is 0 Å². The van der Waals surface area contributed by atoms with Crippen molar-refractivity contribution in [1.82, 2.24) is 5.32 Å². The van der Waals surface area contributed by atoms with Crippen molar-refractivity contribution in [3.05, 3.63) is 0 Å². The number of nitrogens with one attached hydrogen (secondary N) is 1. The monoisotopic (exact) mass is 225 g/mol. The lowest BCUT2D eigenvalue weighted by Gasteiger charge is -2.27. The van der Waals surface area contributed by atoms with Crippen LogP contribution in [0.2, 0.25) is 0 Å². The largest absolute Gasteiger partial charge is 0.313 e. The van der Waals surface area contributed by atoms with Gasteiger partial charge in [-0.25, -0.2) is 0 Å². The molecule has 1 aliphatic heterocycles. The lowest BCUT2D eigenvalue weighted by molar-refractivity contribution is 0.306. The summed E-state index contributed by atoms with van der Waals surface area (Å²) in [6, 6.07) is 0.836. The fourth-order valence-corrected chi connectivity index (χ4v) is 4.95. The fourth-order valence-electron chi connectivity index (χ4n) is 3.85. The third-order valence-electron chi connectivity index (χ3n) is 4.71. The second-order valence-corrected chi connectivity index (χ2v) is 6.91. The van der Waals surface area contributed by atoms with Gasteiger partial charge in [0, 0.05) is 11.8 Å². The Morgan fingerprint density at radius 2 is 2.13 bits per heavy atom. The highest BCUT2D eigenvalue weighted by atomic mass is 32.2. The second-order valence-electron chi connectivity index (χ2n) is 5.76. The number of thioether (sulfide) groups is 1. The summed E-state index contributed by atoms with van der Waals surface area (Å²) in [6.45, 7) is 1.33. The zero-order valence-corrected chi connectivity index (χ0v) is 10.4. The Morgan fingerprint density at radius 1 is 1.13 bits per heavy atom. The first kappa shape index (κ1) is 10.5. The lowest BCUT2D eigenvalue weighted by atomic mass is 9.88. The minimum absolute atomic E-state index is 0.836. The summed E-state index contributed by atoms with van der Waals surface area (Å²) in [6.07, 6.45) is 9.03. The first-order chi connectivity index (χ1) is 7.42. The second kappa shape index (κ2) is 4.67. The smallest absolute Gasteiger partial charge is 0.0158 e. The van der Waals surface area contributed by atoms with Crippen molar-refractivity contribution in [3.8, 4) is 0 Å². The van der Waals surface area contributed by atoms with Crippen molar-refractivity contribution >= 4 is 11.8 Å². The molecule has 4 unspecified atom stereocenters. The van der Waals surface area contributed by atoms with Crippen LogP contribution in [0.15, 0.2) is 0 Å². The Hall–Kier alpha value is 0.310. The Bertz CT molecular complexity index is 213. The molecule has 2 heteroatoms. The van der Waals surface area contributed by atoms with E-state index in [4.69, 9.17) is 0 Å². The van der Waals surface area contributed by atoms with Crippen LogP contribution in [0.5, 0.6) is 0 Å². The molecule has 15 heavy (non-hydrogen) atoms. The van der Waals surface area contributed by atoms with Gasteiger partial charge in [-0.05, 0) is 62.2 Å². The fraction of sp³-hybridized carbons (Fsp3) is 1.00. The molecule has 0 aromatic heterocycles. The van der Waals surface area contributed by atoms with E-state index >= 15 is 0 Å². The molecule has 86 valence electrons. The van der Waals surface area contributed by atoms with E-state index < -0.39 is 0 Å². The predicted molar refractivity (Wildman–Crippen MR) is 67.3 cm³/mol. The van der Waals surface area contributed by atoms with E-state index in [1.165, 1.54) is 43.7 Å². The van der Waals surface area contributed by atoms with Crippen molar-refractivity contribution in [1.29, 1.82) is 0 Å². The quantitative estimate of drug-likeness (QED) is 0.792. The molecule has 1 nitrogen and oxygen atoms in total. The highest BCUT2D eigenvalue weighted by Crippen LogP contribution is 2.48. The van der Waals surface area contributed by atoms with Gasteiger partial charge in [0.2, 0.25) is 0 Å². The Balaban J connectivity index is 1.42. The van der Waals surface area contributed by atoms with Crippen LogP contribution < -0.4 is 5.32 Å². The Labute approximate surface area is 97.8 Å². The molecule has 2 aliphatic carbocycles. The highest BCUT2D eigenvalue weighted by molar-refractivity contribution is 7.99. The molecule has 3 rings (SSSR count). The number of hydrogen-bond acceptors (Lipinski definition) is 2. The summed E-state index contributed by atoms with van der Waals surface area (Å²) in [4.78, 5) is 0. The molecule has 3 fully saturated rings. The van der Waals surface area contributed by atoms with Crippen LogP contribution in [-0.4, -0.2) is 24.1 Å². The molecule has 4 atom stereocenters. The molecule has 1 heterocycles. The van der Waals surface area contributed by atoms with E-state index in [9.17, 15) is 0 Å². The van der Waals surface area contributed by atoms with Crippen molar-refractivity contribution in [2.45, 2.75) is 44.6 Å². The minimum Gasteiger partial charge on any atom is -0.313 e. The molecule has 2 bridgehead atoms. The topological polar surface area (TPSA) is 12.0 Å². The molecule has 1 N–H and O–H groups in total. The molecule has 1 saturated heterocycles. The van der Waals surface area contributed by atoms with Crippen molar-refractivity contribution < 1.29 is 0 Å². The number of fused-ring (bicyclic) bond motifs is 2. The molecule has 0 amide bonds. The maximum absolute atomic E-state index is 3.83. The van der Waals surface area contributed by atoms with E-state index in [1.54, 1.807) is 12.8 Å². The first-order valence-electron chi connectivity index (χ1n) is 6.73. The zero-order chi connectivity index (χ0) is 10.1. The summed E-state index contributed by atoms with van der Waals surface area (Å²) in [5.41, 5.74) is 0. The number of rotatable bonds is 3. The first-order valence-corrected chi connectivity index (χ1v) is 7.88. The van der Waals surface area contributed by atoms with E-state index in [2.05, 4.69) is 17.1 Å². The highest BCUT2D eigenvalue weighted by Gasteiger charge is 2.39. The third-order valence-corrected chi connectivity index (χ3v) is 5.93. The summed E-state index contributed by atoms with van der Waals surface area (Å²) < 4.78 is 0. The third kappa shape index (κ3) is 2.36. The molecule has 0 spiro atoms. The lowest BCUT2D eigenvalue weighted by Crippen LogP contribution is -2.38. The van der Waals surface area contributed by atoms with Crippen molar-refractivity contribution in [2.75, 3.05) is 18.1 Å². The van der Waals surface area contributed by atoms with Crippen LogP contribution >= 0.6 is 11.8 Å². The van der Waals surface area contributed by atoms with Gasteiger partial charge in [-0.2, -0.15) is 11.8 Å². The van der Waals surface area contributed by atoms with E-state index in [-0.39, 0.29) is 0 Å². The van der Waals surface area contributed by atoms with Crippen molar-refractivity contribution in [3.63, 3.8) is 0 Å². The van der Waals surface area contributed by atoms with Crippen molar-refractivity contribution in [2.24, 2.45) is 17.8 Å². The molecular formula is C13H23NS. The standard InChI is InChI=1S/C13H23NS/c1-2-13(9-15-5-1)14-8-12-7-10-3-4-11(12)6-10/h10-14H,1-9H2. The van der Waals surface area contributed by atoms with Gasteiger partial charge in [0.1, 0.15) is 0 Å². The van der Waals surface area contributed by atoms with Gasteiger partial charge in [0.15, 0.2) is 0 Å². The minimum atomic E-state index is 0.836. The van der Waals surface area contributed by atoms with Gasteiger partial charge >= 0.3 is 0 Å². The van der Waals surface area contributed by atoms with Gasteiger partial charge < -0.3 is 5.32 Å². The molecule has 0 aromatic rings. The van der Waals surface area contributed by atoms with Crippen LogP contribution in [0.1, 0.15) is 38.5 Å². The van der Waals surface area contributed by atoms with Crippen LogP contribution in [0.4, 0.5) is 0 Å². The summed E-state index contributed by atoms with van der Waals surface area (Å²) in [7, 11) is 0. The van der Waals surface area contributed by atoms with Crippen LogP contribution in [0.25, 0.3) is 0 Å². The van der Waals surface area contributed by atoms with Crippen LogP contribution in [-0.2, 0) is 0 Å². The van der Waals surface area contributed by atoms with Gasteiger partial charge in [-0.15, -0.1) is 0 Å². The summed E-state index contributed by atoms with van der Waals surface area (Å²) >= 11 is 2.14. The van der Waals surface area contributed by atoms with Crippen LogP contribution in [0.3, 0.4) is 0 Å². The molecule has 0 aromatic carbocycles. The summed E-state index contributed by atoms with van der Waals surface area (Å²) in [5, 5.41) is 3.83. The maximum atomic E-state index is 3.83. The molecule has 3 aliphatic rings. The van der Waals surface area contributed by atoms with Gasteiger partial charge in [0.25, 0.3) is 0 Å². The van der Waals surface area contributed by atoms with Gasteiger partial charge in [-0.1, -0.05) is 6.42 Å². The average Bonchev–Trinajstić information content (AvgIpc) is 2.89. The molecule has 2 saturated carbocycles. The van der Waals surface area contributed by atoms with E-state index in [0.717, 1.165) is 23.8 Å². The SMILES string of the molecule is C1CSCC(NCC2CC3CCC2C3)C1. The Morgan fingerprint density at radius 3 is 2.80 bits per heavy atom. The molecule has 0 radical (unpaired) electrons.